The van der Waals surface area contributed by atoms with E-state index >= 15 is 0 Å². The Morgan fingerprint density at radius 3 is 2.57 bits per heavy atom. The number of carbonyl (C=O) groups is 3. The number of anilines is 1. The van der Waals surface area contributed by atoms with Crippen LogP contribution in [0.1, 0.15) is 38.7 Å². The van der Waals surface area contributed by atoms with Crippen LogP contribution in [0, 0.1) is 0 Å². The molecule has 2 aliphatic heterocycles. The second-order valence-electron chi connectivity index (χ2n) is 6.74. The van der Waals surface area contributed by atoms with Gasteiger partial charge in [-0.3, -0.25) is 24.3 Å². The van der Waals surface area contributed by atoms with Crippen molar-refractivity contribution in [1.29, 1.82) is 0 Å². The van der Waals surface area contributed by atoms with Gasteiger partial charge in [0.25, 0.3) is 0 Å². The third kappa shape index (κ3) is 4.55. The lowest BCUT2D eigenvalue weighted by Gasteiger charge is -2.30. The quantitative estimate of drug-likeness (QED) is 0.791. The SMILES string of the molecule is CCN=C1SC(C(=O)NCc2ccc(N3CCCC3=O)cc2)CC(=O)N1CC. The van der Waals surface area contributed by atoms with E-state index in [-0.39, 0.29) is 24.1 Å². The van der Waals surface area contributed by atoms with Crippen molar-refractivity contribution in [2.24, 2.45) is 4.99 Å². The standard InChI is InChI=1S/C20H26N4O3S/c1-3-21-20-23(4-2)18(26)12-16(28-20)19(27)22-13-14-7-9-15(10-8-14)24-11-5-6-17(24)25/h7-10,16H,3-6,11-13H2,1-2H3,(H,22,27). The molecule has 2 fully saturated rings. The molecule has 1 aromatic rings. The predicted molar refractivity (Wildman–Crippen MR) is 111 cm³/mol. The van der Waals surface area contributed by atoms with Gasteiger partial charge in [0.1, 0.15) is 0 Å². The molecule has 1 unspecified atom stereocenters. The van der Waals surface area contributed by atoms with E-state index in [9.17, 15) is 14.4 Å². The lowest BCUT2D eigenvalue weighted by Crippen LogP contribution is -2.46. The summed E-state index contributed by atoms with van der Waals surface area (Å²) in [7, 11) is 0. The Kier molecular flexibility index (Phi) is 6.72. The van der Waals surface area contributed by atoms with Crippen LogP contribution in [0.5, 0.6) is 0 Å². The van der Waals surface area contributed by atoms with E-state index in [0.29, 0.717) is 31.2 Å². The van der Waals surface area contributed by atoms with Crippen molar-refractivity contribution >= 4 is 40.3 Å². The first-order chi connectivity index (χ1) is 13.5. The molecule has 3 amide bonds. The molecule has 0 spiro atoms. The molecule has 0 aromatic heterocycles. The number of amidine groups is 1. The third-order valence-electron chi connectivity index (χ3n) is 4.83. The summed E-state index contributed by atoms with van der Waals surface area (Å²) in [6.07, 6.45) is 1.69. The number of nitrogens with one attached hydrogen (secondary N) is 1. The molecule has 1 N–H and O–H groups in total. The van der Waals surface area contributed by atoms with Crippen molar-refractivity contribution in [3.05, 3.63) is 29.8 Å². The average molecular weight is 403 g/mol. The Balaban J connectivity index is 1.57. The minimum atomic E-state index is -0.456. The van der Waals surface area contributed by atoms with Crippen LogP contribution in [0.2, 0.25) is 0 Å². The number of rotatable bonds is 6. The highest BCUT2D eigenvalue weighted by Crippen LogP contribution is 2.27. The summed E-state index contributed by atoms with van der Waals surface area (Å²) in [6.45, 7) is 6.10. The number of amides is 3. The van der Waals surface area contributed by atoms with Crippen LogP contribution in [-0.4, -0.2) is 52.7 Å². The fourth-order valence-corrected chi connectivity index (χ4v) is 4.57. The molecule has 1 atom stereocenters. The van der Waals surface area contributed by atoms with Crippen molar-refractivity contribution in [3.8, 4) is 0 Å². The molecular weight excluding hydrogens is 376 g/mol. The number of aliphatic imine (C=N–C) groups is 1. The summed E-state index contributed by atoms with van der Waals surface area (Å²) in [5, 5.41) is 3.09. The van der Waals surface area contributed by atoms with E-state index in [2.05, 4.69) is 10.3 Å². The highest BCUT2D eigenvalue weighted by Gasteiger charge is 2.34. The largest absolute Gasteiger partial charge is 0.351 e. The van der Waals surface area contributed by atoms with Gasteiger partial charge < -0.3 is 10.2 Å². The zero-order valence-corrected chi connectivity index (χ0v) is 17.1. The number of thioether (sulfide) groups is 1. The fraction of sp³-hybridized carbons (Fsp3) is 0.500. The summed E-state index contributed by atoms with van der Waals surface area (Å²) in [4.78, 5) is 44.5. The van der Waals surface area contributed by atoms with Crippen molar-refractivity contribution in [2.45, 2.75) is 44.9 Å². The number of carbonyl (C=O) groups excluding carboxylic acids is 3. The second-order valence-corrected chi connectivity index (χ2v) is 7.91. The van der Waals surface area contributed by atoms with E-state index in [0.717, 1.165) is 24.2 Å². The summed E-state index contributed by atoms with van der Waals surface area (Å²) < 4.78 is 0. The van der Waals surface area contributed by atoms with Crippen LogP contribution in [-0.2, 0) is 20.9 Å². The summed E-state index contributed by atoms with van der Waals surface area (Å²) in [6, 6.07) is 7.66. The molecule has 2 heterocycles. The first-order valence-electron chi connectivity index (χ1n) is 9.72. The highest BCUT2D eigenvalue weighted by molar-refractivity contribution is 8.15. The molecule has 150 valence electrons. The topological polar surface area (TPSA) is 82.1 Å². The summed E-state index contributed by atoms with van der Waals surface area (Å²) in [5.41, 5.74) is 1.85. The first-order valence-corrected chi connectivity index (χ1v) is 10.6. The molecule has 2 aliphatic rings. The average Bonchev–Trinajstić information content (AvgIpc) is 3.12. The molecule has 0 saturated carbocycles. The Bertz CT molecular complexity index is 778. The van der Waals surface area contributed by atoms with Crippen molar-refractivity contribution in [3.63, 3.8) is 0 Å². The maximum atomic E-state index is 12.6. The Morgan fingerprint density at radius 1 is 1.21 bits per heavy atom. The normalized spacial score (nSPS) is 21.5. The molecule has 28 heavy (non-hydrogen) atoms. The van der Waals surface area contributed by atoms with Gasteiger partial charge in [0, 0.05) is 44.7 Å². The molecule has 1 aromatic carbocycles. The van der Waals surface area contributed by atoms with E-state index in [4.69, 9.17) is 0 Å². The maximum Gasteiger partial charge on any atom is 0.234 e. The summed E-state index contributed by atoms with van der Waals surface area (Å²) in [5.74, 6) is -0.0596. The second kappa shape index (κ2) is 9.23. The molecular formula is C20H26N4O3S. The van der Waals surface area contributed by atoms with Crippen molar-refractivity contribution < 1.29 is 14.4 Å². The van der Waals surface area contributed by atoms with E-state index in [1.165, 1.54) is 11.8 Å². The van der Waals surface area contributed by atoms with E-state index in [1.54, 1.807) is 9.80 Å². The number of nitrogens with zero attached hydrogens (tertiary/aromatic N) is 3. The van der Waals surface area contributed by atoms with Crippen LogP contribution in [0.25, 0.3) is 0 Å². The predicted octanol–water partition coefficient (Wildman–Crippen LogP) is 2.16. The Morgan fingerprint density at radius 2 is 1.96 bits per heavy atom. The van der Waals surface area contributed by atoms with E-state index < -0.39 is 5.25 Å². The van der Waals surface area contributed by atoms with Crippen LogP contribution in [0.15, 0.2) is 29.3 Å². The molecule has 3 rings (SSSR count). The van der Waals surface area contributed by atoms with Gasteiger partial charge in [-0.2, -0.15) is 0 Å². The molecule has 0 aliphatic carbocycles. The van der Waals surface area contributed by atoms with Gasteiger partial charge in [-0.1, -0.05) is 23.9 Å². The molecule has 7 nitrogen and oxygen atoms in total. The van der Waals surface area contributed by atoms with Crippen LogP contribution < -0.4 is 10.2 Å². The minimum Gasteiger partial charge on any atom is -0.351 e. The van der Waals surface area contributed by atoms with Gasteiger partial charge in [0.05, 0.1) is 5.25 Å². The van der Waals surface area contributed by atoms with Gasteiger partial charge in [0.15, 0.2) is 5.17 Å². The Labute approximate surface area is 169 Å². The van der Waals surface area contributed by atoms with Crippen LogP contribution >= 0.6 is 11.8 Å². The minimum absolute atomic E-state index is 0.0618. The number of hydrogen-bond acceptors (Lipinski definition) is 5. The van der Waals surface area contributed by atoms with Crippen LogP contribution in [0.4, 0.5) is 5.69 Å². The lowest BCUT2D eigenvalue weighted by atomic mass is 10.2. The van der Waals surface area contributed by atoms with Gasteiger partial charge >= 0.3 is 0 Å². The van der Waals surface area contributed by atoms with E-state index in [1.807, 2.05) is 38.1 Å². The smallest absolute Gasteiger partial charge is 0.234 e. The van der Waals surface area contributed by atoms with Gasteiger partial charge in [-0.25, -0.2) is 0 Å². The van der Waals surface area contributed by atoms with Gasteiger partial charge in [-0.05, 0) is 38.0 Å². The molecule has 8 heteroatoms. The lowest BCUT2D eigenvalue weighted by molar-refractivity contribution is -0.130. The van der Waals surface area contributed by atoms with Gasteiger partial charge in [0.2, 0.25) is 17.7 Å². The van der Waals surface area contributed by atoms with Crippen LogP contribution in [0.3, 0.4) is 0 Å². The molecule has 2 saturated heterocycles. The monoisotopic (exact) mass is 402 g/mol. The Hall–Kier alpha value is -2.35. The first kappa shape index (κ1) is 20.4. The molecule has 0 radical (unpaired) electrons. The van der Waals surface area contributed by atoms with Crippen molar-refractivity contribution in [1.82, 2.24) is 10.2 Å². The fourth-order valence-electron chi connectivity index (χ4n) is 3.34. The van der Waals surface area contributed by atoms with Crippen molar-refractivity contribution in [2.75, 3.05) is 24.5 Å². The van der Waals surface area contributed by atoms with Gasteiger partial charge in [-0.15, -0.1) is 0 Å². The third-order valence-corrected chi connectivity index (χ3v) is 6.06. The maximum absolute atomic E-state index is 12.6. The number of hydrogen-bond donors (Lipinski definition) is 1. The zero-order chi connectivity index (χ0) is 20.1. The summed E-state index contributed by atoms with van der Waals surface area (Å²) >= 11 is 1.35. The number of benzene rings is 1. The zero-order valence-electron chi connectivity index (χ0n) is 16.3. The highest BCUT2D eigenvalue weighted by atomic mass is 32.2. The molecule has 0 bridgehead atoms.